The van der Waals surface area contributed by atoms with Gasteiger partial charge in [-0.2, -0.15) is 0 Å². The summed E-state index contributed by atoms with van der Waals surface area (Å²) in [6, 6.07) is 9.63. The minimum Gasteiger partial charge on any atom is -0.507 e. The number of ketones is 1. The van der Waals surface area contributed by atoms with Crippen molar-refractivity contribution in [2.45, 2.75) is 26.4 Å². The molecule has 2 N–H and O–H groups in total. The number of amides is 1. The first-order chi connectivity index (χ1) is 16.8. The highest BCUT2D eigenvalue weighted by Gasteiger charge is 2.47. The van der Waals surface area contributed by atoms with Crippen LogP contribution < -0.4 is 4.74 Å². The fraction of sp³-hybridized carbons (Fsp3) is 0.231. The quantitative estimate of drug-likeness (QED) is 0.242. The summed E-state index contributed by atoms with van der Waals surface area (Å²) in [5, 5.41) is 11.5. The number of para-hydroxylation sites is 1. The first-order valence-electron chi connectivity index (χ1n) is 10.9. The monoisotopic (exact) mass is 475 g/mol. The molecule has 0 spiro atoms. The number of aryl methyl sites for hydroxylation is 1. The molecule has 180 valence electrons. The number of aliphatic hydroxyl groups is 1. The van der Waals surface area contributed by atoms with Gasteiger partial charge in [0.2, 0.25) is 0 Å². The number of aromatic amines is 1. The van der Waals surface area contributed by atoms with E-state index in [-0.39, 0.29) is 29.1 Å². The van der Waals surface area contributed by atoms with Gasteiger partial charge in [0.25, 0.3) is 11.7 Å². The van der Waals surface area contributed by atoms with E-state index in [1.54, 1.807) is 62.6 Å². The van der Waals surface area contributed by atoms with E-state index >= 15 is 0 Å². The molecule has 1 aliphatic rings. The summed E-state index contributed by atoms with van der Waals surface area (Å²) in [4.78, 5) is 47.2. The molecule has 1 amide bonds. The predicted octanol–water partition coefficient (Wildman–Crippen LogP) is 3.44. The number of Topliss-reactive ketones (excluding diaryl/α,β-unsaturated/α-hetero) is 1. The Labute approximate surface area is 202 Å². The zero-order valence-corrected chi connectivity index (χ0v) is 19.8. The lowest BCUT2D eigenvalue weighted by molar-refractivity contribution is -0.140. The number of ether oxygens (including phenoxy) is 2. The molecule has 4 rings (SSSR count). The van der Waals surface area contributed by atoms with E-state index in [1.165, 1.54) is 19.1 Å². The van der Waals surface area contributed by atoms with Crippen LogP contribution in [0.5, 0.6) is 5.75 Å². The maximum absolute atomic E-state index is 13.4. The number of rotatable bonds is 6. The standard InChI is InChI=1S/C26H25N3O6/c1-14-19(15(2)28-21(14)26(33)35-4)23(30)20-22(17-9-5-6-10-18(17)34-3)29(25(32)24(20)31)13-16-8-7-11-27-12-16/h5-12,22,28,30H,13H2,1-4H3/t22-/m1/s1. The maximum Gasteiger partial charge on any atom is 0.354 e. The molecule has 35 heavy (non-hydrogen) atoms. The van der Waals surface area contributed by atoms with Crippen LogP contribution in [0, 0.1) is 13.8 Å². The summed E-state index contributed by atoms with van der Waals surface area (Å²) < 4.78 is 10.3. The van der Waals surface area contributed by atoms with Crippen molar-refractivity contribution in [1.82, 2.24) is 14.9 Å². The molecule has 0 unspecified atom stereocenters. The van der Waals surface area contributed by atoms with Crippen LogP contribution in [0.2, 0.25) is 0 Å². The summed E-state index contributed by atoms with van der Waals surface area (Å²) in [5.74, 6) is -2.12. The molecular weight excluding hydrogens is 450 g/mol. The summed E-state index contributed by atoms with van der Waals surface area (Å²) in [6.45, 7) is 3.39. The number of carbonyl (C=O) groups is 3. The van der Waals surface area contributed by atoms with Crippen molar-refractivity contribution in [2.24, 2.45) is 0 Å². The van der Waals surface area contributed by atoms with Crippen molar-refractivity contribution >= 4 is 23.4 Å². The number of esters is 1. The number of aromatic nitrogens is 2. The van der Waals surface area contributed by atoms with Crippen molar-refractivity contribution in [3.63, 3.8) is 0 Å². The summed E-state index contributed by atoms with van der Waals surface area (Å²) in [5.41, 5.74) is 2.45. The second kappa shape index (κ2) is 9.46. The topological polar surface area (TPSA) is 122 Å². The third kappa shape index (κ3) is 4.05. The highest BCUT2D eigenvalue weighted by molar-refractivity contribution is 6.46. The van der Waals surface area contributed by atoms with Crippen LogP contribution in [-0.2, 0) is 20.9 Å². The molecule has 0 radical (unpaired) electrons. The molecule has 1 aliphatic heterocycles. The molecule has 1 atom stereocenters. The van der Waals surface area contributed by atoms with Crippen molar-refractivity contribution in [1.29, 1.82) is 0 Å². The maximum atomic E-state index is 13.4. The Bertz CT molecular complexity index is 1340. The number of benzene rings is 1. The number of nitrogens with zero attached hydrogens (tertiary/aromatic N) is 2. The van der Waals surface area contributed by atoms with Crippen LogP contribution in [0.3, 0.4) is 0 Å². The highest BCUT2D eigenvalue weighted by Crippen LogP contribution is 2.44. The zero-order chi connectivity index (χ0) is 25.3. The van der Waals surface area contributed by atoms with Gasteiger partial charge in [-0.25, -0.2) is 4.79 Å². The molecule has 1 aromatic carbocycles. The van der Waals surface area contributed by atoms with Gasteiger partial charge in [0.15, 0.2) is 0 Å². The molecule has 1 saturated heterocycles. The highest BCUT2D eigenvalue weighted by atomic mass is 16.5. The molecule has 3 heterocycles. The summed E-state index contributed by atoms with van der Waals surface area (Å²) in [6.07, 6.45) is 3.23. The largest absolute Gasteiger partial charge is 0.507 e. The van der Waals surface area contributed by atoms with E-state index in [4.69, 9.17) is 9.47 Å². The SMILES string of the molecule is COC(=O)c1[nH]c(C)c(C(O)=C2C(=O)C(=O)N(Cc3cccnc3)[C@@H]2c2ccccc2OC)c1C. The molecule has 3 aromatic rings. The first-order valence-corrected chi connectivity index (χ1v) is 10.9. The number of H-pyrrole nitrogens is 1. The second-order valence-corrected chi connectivity index (χ2v) is 8.15. The van der Waals surface area contributed by atoms with Gasteiger partial charge in [-0.05, 0) is 37.1 Å². The second-order valence-electron chi connectivity index (χ2n) is 8.15. The Morgan fingerprint density at radius 3 is 2.54 bits per heavy atom. The van der Waals surface area contributed by atoms with Crippen LogP contribution in [0.1, 0.15) is 44.5 Å². The fourth-order valence-corrected chi connectivity index (χ4v) is 4.49. The molecule has 9 heteroatoms. The molecule has 1 fully saturated rings. The van der Waals surface area contributed by atoms with Gasteiger partial charge in [-0.15, -0.1) is 0 Å². The fourth-order valence-electron chi connectivity index (χ4n) is 4.49. The normalized spacial score (nSPS) is 17.0. The number of methoxy groups -OCH3 is 2. The predicted molar refractivity (Wildman–Crippen MR) is 127 cm³/mol. The third-order valence-electron chi connectivity index (χ3n) is 6.11. The average Bonchev–Trinajstić information content (AvgIpc) is 3.31. The van der Waals surface area contributed by atoms with Gasteiger partial charge in [0, 0.05) is 35.8 Å². The lowest BCUT2D eigenvalue weighted by Crippen LogP contribution is -2.29. The Morgan fingerprint density at radius 2 is 1.89 bits per heavy atom. The van der Waals surface area contributed by atoms with Crippen molar-refractivity contribution < 1.29 is 29.0 Å². The lowest BCUT2D eigenvalue weighted by atomic mass is 9.93. The number of hydrogen-bond acceptors (Lipinski definition) is 7. The van der Waals surface area contributed by atoms with E-state index in [1.807, 2.05) is 0 Å². The van der Waals surface area contributed by atoms with Crippen LogP contribution in [0.15, 0.2) is 54.4 Å². The van der Waals surface area contributed by atoms with Gasteiger partial charge in [0.1, 0.15) is 17.2 Å². The van der Waals surface area contributed by atoms with E-state index in [2.05, 4.69) is 9.97 Å². The number of hydrogen-bond donors (Lipinski definition) is 2. The van der Waals surface area contributed by atoms with E-state index in [0.717, 1.165) is 5.56 Å². The Kier molecular flexibility index (Phi) is 6.42. The Hall–Kier alpha value is -4.40. The number of likely N-dealkylation sites (tertiary alicyclic amines) is 1. The van der Waals surface area contributed by atoms with Crippen LogP contribution in [0.25, 0.3) is 5.76 Å². The zero-order valence-electron chi connectivity index (χ0n) is 19.8. The van der Waals surface area contributed by atoms with E-state index in [9.17, 15) is 19.5 Å². The molecule has 2 aromatic heterocycles. The van der Waals surface area contributed by atoms with Gasteiger partial charge in [0.05, 0.1) is 25.8 Å². The molecule has 9 nitrogen and oxygen atoms in total. The smallest absolute Gasteiger partial charge is 0.354 e. The molecule has 0 aliphatic carbocycles. The van der Waals surface area contributed by atoms with Crippen molar-refractivity contribution in [2.75, 3.05) is 14.2 Å². The van der Waals surface area contributed by atoms with Gasteiger partial charge < -0.3 is 24.5 Å². The van der Waals surface area contributed by atoms with Gasteiger partial charge in [-0.3, -0.25) is 14.6 Å². The lowest BCUT2D eigenvalue weighted by Gasteiger charge is -2.26. The Morgan fingerprint density at radius 1 is 1.14 bits per heavy atom. The Balaban J connectivity index is 1.95. The van der Waals surface area contributed by atoms with Crippen molar-refractivity contribution in [3.8, 4) is 5.75 Å². The van der Waals surface area contributed by atoms with Crippen LogP contribution in [0.4, 0.5) is 0 Å². The number of nitrogens with one attached hydrogen (secondary N) is 1. The molecular formula is C26H25N3O6. The number of pyridine rings is 1. The van der Waals surface area contributed by atoms with E-state index in [0.29, 0.717) is 22.6 Å². The minimum absolute atomic E-state index is 0.0926. The van der Waals surface area contributed by atoms with Crippen LogP contribution in [-0.4, -0.2) is 51.9 Å². The van der Waals surface area contributed by atoms with Gasteiger partial charge >= 0.3 is 5.97 Å². The molecule has 0 bridgehead atoms. The first kappa shape index (κ1) is 23.7. The number of aliphatic hydroxyl groups excluding tert-OH is 1. The summed E-state index contributed by atoms with van der Waals surface area (Å²) in [7, 11) is 2.75. The van der Waals surface area contributed by atoms with Crippen LogP contribution >= 0.6 is 0 Å². The number of carbonyl (C=O) groups excluding carboxylic acids is 3. The third-order valence-corrected chi connectivity index (χ3v) is 6.11. The minimum atomic E-state index is -0.929. The van der Waals surface area contributed by atoms with E-state index < -0.39 is 23.7 Å². The average molecular weight is 476 g/mol. The molecule has 0 saturated carbocycles. The summed E-state index contributed by atoms with van der Waals surface area (Å²) >= 11 is 0. The van der Waals surface area contributed by atoms with Gasteiger partial charge in [-0.1, -0.05) is 24.3 Å². The van der Waals surface area contributed by atoms with Crippen molar-refractivity contribution in [3.05, 3.63) is 88.0 Å².